The minimum atomic E-state index is -0.211. The highest BCUT2D eigenvalue weighted by Gasteiger charge is 2.15. The predicted molar refractivity (Wildman–Crippen MR) is 84.4 cm³/mol. The standard InChI is InChI=1S/C18H19FN2/c19-16-6-8-17(9-7-16)20-18-10-12-21(13-11-18)14-15-4-2-1-3-5-15/h1-9H,10-14H2. The Labute approximate surface area is 124 Å². The van der Waals surface area contributed by atoms with Gasteiger partial charge in [-0.2, -0.15) is 0 Å². The van der Waals surface area contributed by atoms with E-state index in [2.05, 4.69) is 34.2 Å². The molecule has 0 bridgehead atoms. The summed E-state index contributed by atoms with van der Waals surface area (Å²) in [6, 6.07) is 16.9. The summed E-state index contributed by atoms with van der Waals surface area (Å²) in [7, 11) is 0. The van der Waals surface area contributed by atoms with E-state index in [1.54, 1.807) is 12.1 Å². The van der Waals surface area contributed by atoms with Crippen LogP contribution < -0.4 is 0 Å². The molecule has 3 rings (SSSR count). The molecular weight excluding hydrogens is 263 g/mol. The molecule has 2 nitrogen and oxygen atoms in total. The first kappa shape index (κ1) is 14.0. The Morgan fingerprint density at radius 3 is 2.24 bits per heavy atom. The zero-order chi connectivity index (χ0) is 14.5. The fourth-order valence-corrected chi connectivity index (χ4v) is 2.62. The smallest absolute Gasteiger partial charge is 0.123 e. The minimum absolute atomic E-state index is 0.211. The molecule has 0 aliphatic carbocycles. The number of nitrogens with zero attached hydrogens (tertiary/aromatic N) is 2. The number of hydrogen-bond donors (Lipinski definition) is 0. The summed E-state index contributed by atoms with van der Waals surface area (Å²) >= 11 is 0. The topological polar surface area (TPSA) is 15.6 Å². The van der Waals surface area contributed by atoms with Gasteiger partial charge in [-0.15, -0.1) is 0 Å². The lowest BCUT2D eigenvalue weighted by Crippen LogP contribution is -2.33. The van der Waals surface area contributed by atoms with Crippen LogP contribution in [-0.2, 0) is 6.54 Å². The van der Waals surface area contributed by atoms with E-state index < -0.39 is 0 Å². The van der Waals surface area contributed by atoms with E-state index in [0.29, 0.717) is 0 Å². The minimum Gasteiger partial charge on any atom is -0.298 e. The third-order valence-electron chi connectivity index (χ3n) is 3.80. The lowest BCUT2D eigenvalue weighted by Gasteiger charge is -2.27. The second kappa shape index (κ2) is 6.64. The van der Waals surface area contributed by atoms with Crippen molar-refractivity contribution in [3.8, 4) is 0 Å². The highest BCUT2D eigenvalue weighted by molar-refractivity contribution is 5.87. The van der Waals surface area contributed by atoms with Gasteiger partial charge in [0.1, 0.15) is 5.82 Å². The second-order valence-corrected chi connectivity index (χ2v) is 5.42. The number of piperidine rings is 1. The molecule has 0 radical (unpaired) electrons. The Balaban J connectivity index is 1.56. The average molecular weight is 282 g/mol. The first-order chi connectivity index (χ1) is 10.3. The van der Waals surface area contributed by atoms with Gasteiger partial charge in [0, 0.05) is 25.3 Å². The van der Waals surface area contributed by atoms with E-state index in [9.17, 15) is 4.39 Å². The highest BCUT2D eigenvalue weighted by atomic mass is 19.1. The molecule has 0 amide bonds. The van der Waals surface area contributed by atoms with Crippen LogP contribution in [0, 0.1) is 5.82 Å². The summed E-state index contributed by atoms with van der Waals surface area (Å²) in [5.74, 6) is -0.211. The Bertz CT molecular complexity index is 595. The lowest BCUT2D eigenvalue weighted by atomic mass is 10.1. The van der Waals surface area contributed by atoms with Crippen molar-refractivity contribution in [3.63, 3.8) is 0 Å². The fourth-order valence-electron chi connectivity index (χ4n) is 2.62. The summed E-state index contributed by atoms with van der Waals surface area (Å²) in [6.45, 7) is 3.08. The Hall–Kier alpha value is -2.00. The van der Waals surface area contributed by atoms with Gasteiger partial charge in [0.05, 0.1) is 5.69 Å². The van der Waals surface area contributed by atoms with Crippen LogP contribution in [0.25, 0.3) is 0 Å². The van der Waals surface area contributed by atoms with Crippen molar-refractivity contribution in [2.75, 3.05) is 13.1 Å². The molecule has 2 aromatic rings. The van der Waals surface area contributed by atoms with Gasteiger partial charge in [-0.1, -0.05) is 30.3 Å². The van der Waals surface area contributed by atoms with Crippen LogP contribution >= 0.6 is 0 Å². The second-order valence-electron chi connectivity index (χ2n) is 5.42. The molecule has 1 aliphatic heterocycles. The third kappa shape index (κ3) is 3.99. The normalized spacial score (nSPS) is 16.0. The quantitative estimate of drug-likeness (QED) is 0.824. The molecule has 3 heteroatoms. The van der Waals surface area contributed by atoms with Crippen LogP contribution in [0.2, 0.25) is 0 Å². The van der Waals surface area contributed by atoms with Gasteiger partial charge in [-0.25, -0.2) is 4.39 Å². The van der Waals surface area contributed by atoms with Crippen LogP contribution in [0.15, 0.2) is 59.6 Å². The maximum absolute atomic E-state index is 12.9. The van der Waals surface area contributed by atoms with Gasteiger partial charge in [0.25, 0.3) is 0 Å². The molecule has 0 N–H and O–H groups in total. The fraction of sp³-hybridized carbons (Fsp3) is 0.278. The molecule has 0 unspecified atom stereocenters. The molecule has 108 valence electrons. The van der Waals surface area contributed by atoms with Crippen molar-refractivity contribution >= 4 is 11.4 Å². The van der Waals surface area contributed by atoms with Gasteiger partial charge in [0.15, 0.2) is 0 Å². The molecule has 1 saturated heterocycles. The van der Waals surface area contributed by atoms with E-state index in [1.165, 1.54) is 23.4 Å². The number of benzene rings is 2. The van der Waals surface area contributed by atoms with Crippen molar-refractivity contribution in [2.45, 2.75) is 19.4 Å². The molecule has 1 fully saturated rings. The number of hydrogen-bond acceptors (Lipinski definition) is 2. The number of halogens is 1. The molecular formula is C18H19FN2. The molecule has 0 spiro atoms. The summed E-state index contributed by atoms with van der Waals surface area (Å²) < 4.78 is 12.9. The van der Waals surface area contributed by atoms with Crippen LogP contribution in [0.5, 0.6) is 0 Å². The first-order valence-electron chi connectivity index (χ1n) is 7.38. The maximum Gasteiger partial charge on any atom is 0.123 e. The van der Waals surface area contributed by atoms with Gasteiger partial charge in [0.2, 0.25) is 0 Å². The van der Waals surface area contributed by atoms with Crippen molar-refractivity contribution in [2.24, 2.45) is 4.99 Å². The summed E-state index contributed by atoms with van der Waals surface area (Å²) in [4.78, 5) is 7.08. The van der Waals surface area contributed by atoms with Crippen molar-refractivity contribution in [1.82, 2.24) is 4.90 Å². The van der Waals surface area contributed by atoms with Crippen LogP contribution in [-0.4, -0.2) is 23.7 Å². The van der Waals surface area contributed by atoms with Gasteiger partial charge in [-0.3, -0.25) is 9.89 Å². The van der Waals surface area contributed by atoms with E-state index >= 15 is 0 Å². The number of aliphatic imine (C=N–C) groups is 1. The van der Waals surface area contributed by atoms with Crippen molar-refractivity contribution in [1.29, 1.82) is 0 Å². The summed E-state index contributed by atoms with van der Waals surface area (Å²) in [5, 5.41) is 0. The predicted octanol–water partition coefficient (Wildman–Crippen LogP) is 4.19. The van der Waals surface area contributed by atoms with E-state index in [1.807, 2.05) is 6.07 Å². The number of rotatable bonds is 3. The molecule has 1 heterocycles. The Kier molecular flexibility index (Phi) is 4.41. The highest BCUT2D eigenvalue weighted by Crippen LogP contribution is 2.17. The average Bonchev–Trinajstić information content (AvgIpc) is 2.53. The van der Waals surface area contributed by atoms with E-state index in [4.69, 9.17) is 0 Å². The lowest BCUT2D eigenvalue weighted by molar-refractivity contribution is 0.266. The van der Waals surface area contributed by atoms with E-state index in [0.717, 1.165) is 38.2 Å². The van der Waals surface area contributed by atoms with Crippen LogP contribution in [0.3, 0.4) is 0 Å². The molecule has 1 aliphatic rings. The van der Waals surface area contributed by atoms with Crippen molar-refractivity contribution < 1.29 is 4.39 Å². The van der Waals surface area contributed by atoms with Crippen molar-refractivity contribution in [3.05, 3.63) is 66.0 Å². The summed E-state index contributed by atoms with van der Waals surface area (Å²) in [6.07, 6.45) is 1.98. The van der Waals surface area contributed by atoms with Gasteiger partial charge < -0.3 is 0 Å². The molecule has 21 heavy (non-hydrogen) atoms. The Morgan fingerprint density at radius 2 is 1.57 bits per heavy atom. The van der Waals surface area contributed by atoms with Gasteiger partial charge >= 0.3 is 0 Å². The zero-order valence-corrected chi connectivity index (χ0v) is 12.0. The third-order valence-corrected chi connectivity index (χ3v) is 3.80. The number of likely N-dealkylation sites (tertiary alicyclic amines) is 1. The maximum atomic E-state index is 12.9. The SMILES string of the molecule is Fc1ccc(N=C2CCN(Cc3ccccc3)CC2)cc1. The summed E-state index contributed by atoms with van der Waals surface area (Å²) in [5.41, 5.74) is 3.42. The molecule has 2 aromatic carbocycles. The first-order valence-corrected chi connectivity index (χ1v) is 7.38. The molecule has 0 aromatic heterocycles. The molecule has 0 saturated carbocycles. The van der Waals surface area contributed by atoms with Crippen LogP contribution in [0.4, 0.5) is 10.1 Å². The van der Waals surface area contributed by atoms with Crippen LogP contribution in [0.1, 0.15) is 18.4 Å². The van der Waals surface area contributed by atoms with E-state index in [-0.39, 0.29) is 5.82 Å². The monoisotopic (exact) mass is 282 g/mol. The van der Waals surface area contributed by atoms with Gasteiger partial charge in [-0.05, 0) is 42.7 Å². The zero-order valence-electron chi connectivity index (χ0n) is 12.0. The largest absolute Gasteiger partial charge is 0.298 e. The molecule has 0 atom stereocenters. The Morgan fingerprint density at radius 1 is 0.905 bits per heavy atom.